The van der Waals surface area contributed by atoms with Crippen LogP contribution in [-0.2, 0) is 4.79 Å². The summed E-state index contributed by atoms with van der Waals surface area (Å²) in [6.07, 6.45) is 5.76. The lowest BCUT2D eigenvalue weighted by Crippen LogP contribution is -2.17. The van der Waals surface area contributed by atoms with E-state index in [9.17, 15) is 4.79 Å². The Labute approximate surface area is 153 Å². The minimum absolute atomic E-state index is 0.0144. The minimum atomic E-state index is -0.0144. The van der Waals surface area contributed by atoms with Crippen LogP contribution >= 0.6 is 11.6 Å². The maximum absolute atomic E-state index is 12.6. The maximum atomic E-state index is 12.6. The van der Waals surface area contributed by atoms with Crippen molar-refractivity contribution in [2.45, 2.75) is 44.1 Å². The fourth-order valence-corrected chi connectivity index (χ4v) is 3.96. The number of carbonyl (C=O) groups is 1. The third-order valence-corrected chi connectivity index (χ3v) is 5.52. The standard InChI is InChI=1S/C21H22ClNO2/c22-18-10-4-3-9-15(18)16-13-17(16)21(24)23-19-11-5-6-12-20(19)25-14-7-1-2-8-14/h3-6,9-12,14,16-17H,1-2,7-8,13H2,(H,23,24). The molecule has 2 aliphatic rings. The van der Waals surface area contributed by atoms with Crippen molar-refractivity contribution in [3.63, 3.8) is 0 Å². The summed E-state index contributed by atoms with van der Waals surface area (Å²) >= 11 is 6.26. The molecule has 2 unspecified atom stereocenters. The Morgan fingerprint density at radius 2 is 1.76 bits per heavy atom. The average Bonchev–Trinajstić information content (AvgIpc) is 3.25. The van der Waals surface area contributed by atoms with Gasteiger partial charge in [-0.15, -0.1) is 0 Å². The molecule has 2 aromatic rings. The summed E-state index contributed by atoms with van der Waals surface area (Å²) in [5, 5.41) is 3.80. The first kappa shape index (κ1) is 16.5. The molecule has 2 saturated carbocycles. The van der Waals surface area contributed by atoms with Gasteiger partial charge in [-0.25, -0.2) is 0 Å². The van der Waals surface area contributed by atoms with Crippen LogP contribution in [0.1, 0.15) is 43.6 Å². The Hall–Kier alpha value is -2.00. The van der Waals surface area contributed by atoms with Crippen LogP contribution in [0.25, 0.3) is 0 Å². The number of nitrogens with one attached hydrogen (secondary N) is 1. The Balaban J connectivity index is 1.43. The second-order valence-electron chi connectivity index (χ2n) is 6.98. The van der Waals surface area contributed by atoms with E-state index in [4.69, 9.17) is 16.3 Å². The third-order valence-electron chi connectivity index (χ3n) is 5.17. The van der Waals surface area contributed by atoms with E-state index in [0.29, 0.717) is 0 Å². The van der Waals surface area contributed by atoms with Crippen LogP contribution in [0.15, 0.2) is 48.5 Å². The summed E-state index contributed by atoms with van der Waals surface area (Å²) in [6.45, 7) is 0. The number of benzene rings is 2. The van der Waals surface area contributed by atoms with Gasteiger partial charge in [-0.1, -0.05) is 41.9 Å². The maximum Gasteiger partial charge on any atom is 0.228 e. The van der Waals surface area contributed by atoms with E-state index < -0.39 is 0 Å². The first-order valence-electron chi connectivity index (χ1n) is 9.03. The zero-order chi connectivity index (χ0) is 17.2. The van der Waals surface area contributed by atoms with Crippen molar-refractivity contribution in [2.24, 2.45) is 5.92 Å². The summed E-state index contributed by atoms with van der Waals surface area (Å²) in [7, 11) is 0. The van der Waals surface area contributed by atoms with Gasteiger partial charge < -0.3 is 10.1 Å². The molecular formula is C21H22ClNO2. The van der Waals surface area contributed by atoms with E-state index >= 15 is 0 Å². The molecule has 25 heavy (non-hydrogen) atoms. The molecule has 130 valence electrons. The van der Waals surface area contributed by atoms with Crippen LogP contribution in [-0.4, -0.2) is 12.0 Å². The predicted octanol–water partition coefficient (Wildman–Crippen LogP) is 5.40. The van der Waals surface area contributed by atoms with Gasteiger partial charge in [0, 0.05) is 10.9 Å². The highest BCUT2D eigenvalue weighted by Gasteiger charge is 2.45. The van der Waals surface area contributed by atoms with Gasteiger partial charge in [-0.05, 0) is 61.8 Å². The van der Waals surface area contributed by atoms with Crippen LogP contribution in [0.3, 0.4) is 0 Å². The molecule has 2 aromatic carbocycles. The molecule has 0 bridgehead atoms. The Kier molecular flexibility index (Phi) is 4.67. The smallest absolute Gasteiger partial charge is 0.228 e. The fourth-order valence-electron chi connectivity index (χ4n) is 3.69. The van der Waals surface area contributed by atoms with Gasteiger partial charge in [-0.2, -0.15) is 0 Å². The zero-order valence-corrected chi connectivity index (χ0v) is 14.8. The third kappa shape index (κ3) is 3.67. The Morgan fingerprint density at radius 1 is 1.04 bits per heavy atom. The molecule has 0 aromatic heterocycles. The topological polar surface area (TPSA) is 38.3 Å². The highest BCUT2D eigenvalue weighted by molar-refractivity contribution is 6.31. The normalized spacial score (nSPS) is 22.6. The van der Waals surface area contributed by atoms with Crippen LogP contribution < -0.4 is 10.1 Å². The predicted molar refractivity (Wildman–Crippen MR) is 100 cm³/mol. The van der Waals surface area contributed by atoms with Crippen molar-refractivity contribution in [2.75, 3.05) is 5.32 Å². The van der Waals surface area contributed by atoms with Gasteiger partial charge in [0.1, 0.15) is 5.75 Å². The van der Waals surface area contributed by atoms with Crippen LogP contribution in [0.5, 0.6) is 5.75 Å². The molecule has 3 nitrogen and oxygen atoms in total. The molecule has 4 heteroatoms. The van der Waals surface area contributed by atoms with Crippen molar-refractivity contribution in [1.82, 2.24) is 0 Å². The number of halogens is 1. The lowest BCUT2D eigenvalue weighted by atomic mass is 10.1. The zero-order valence-electron chi connectivity index (χ0n) is 14.1. The highest BCUT2D eigenvalue weighted by atomic mass is 35.5. The molecule has 1 amide bonds. The molecule has 0 aliphatic heterocycles. The van der Waals surface area contributed by atoms with E-state index in [1.54, 1.807) is 0 Å². The van der Waals surface area contributed by atoms with Gasteiger partial charge in [-0.3, -0.25) is 4.79 Å². The van der Waals surface area contributed by atoms with Crippen LogP contribution in [0.4, 0.5) is 5.69 Å². The number of anilines is 1. The summed E-state index contributed by atoms with van der Waals surface area (Å²) in [5.41, 5.74) is 1.84. The summed E-state index contributed by atoms with van der Waals surface area (Å²) in [4.78, 5) is 12.6. The van der Waals surface area contributed by atoms with E-state index in [2.05, 4.69) is 5.32 Å². The quantitative estimate of drug-likeness (QED) is 0.779. The molecule has 2 atom stereocenters. The van der Waals surface area contributed by atoms with Gasteiger partial charge in [0.15, 0.2) is 0 Å². The van der Waals surface area contributed by atoms with E-state index in [1.807, 2.05) is 48.5 Å². The molecule has 2 aliphatic carbocycles. The first-order chi connectivity index (χ1) is 12.2. The van der Waals surface area contributed by atoms with Gasteiger partial charge in [0.05, 0.1) is 11.8 Å². The monoisotopic (exact) mass is 355 g/mol. The molecule has 1 N–H and O–H groups in total. The summed E-state index contributed by atoms with van der Waals surface area (Å²) < 4.78 is 6.10. The molecule has 2 fully saturated rings. The largest absolute Gasteiger partial charge is 0.488 e. The van der Waals surface area contributed by atoms with Crippen LogP contribution in [0.2, 0.25) is 5.02 Å². The molecule has 0 heterocycles. The molecular weight excluding hydrogens is 334 g/mol. The van der Waals surface area contributed by atoms with Gasteiger partial charge in [0.25, 0.3) is 0 Å². The molecule has 4 rings (SSSR count). The van der Waals surface area contributed by atoms with Gasteiger partial charge in [0.2, 0.25) is 5.91 Å². The minimum Gasteiger partial charge on any atom is -0.488 e. The number of hydrogen-bond donors (Lipinski definition) is 1. The number of amides is 1. The summed E-state index contributed by atoms with van der Waals surface area (Å²) in [5.74, 6) is 1.03. The number of ether oxygens (including phenoxy) is 1. The van der Waals surface area contributed by atoms with Gasteiger partial charge >= 0.3 is 0 Å². The SMILES string of the molecule is O=C(Nc1ccccc1OC1CCCC1)C1CC1c1ccccc1Cl. The molecule has 0 saturated heterocycles. The first-order valence-corrected chi connectivity index (χ1v) is 9.41. The number of para-hydroxylation sites is 2. The lowest BCUT2D eigenvalue weighted by Gasteiger charge is -2.17. The van der Waals surface area contributed by atoms with Crippen molar-refractivity contribution >= 4 is 23.2 Å². The Morgan fingerprint density at radius 3 is 2.56 bits per heavy atom. The van der Waals surface area contributed by atoms with E-state index in [1.165, 1.54) is 12.8 Å². The lowest BCUT2D eigenvalue weighted by molar-refractivity contribution is -0.117. The van der Waals surface area contributed by atoms with Crippen LogP contribution in [0, 0.1) is 5.92 Å². The second-order valence-corrected chi connectivity index (χ2v) is 7.39. The summed E-state index contributed by atoms with van der Waals surface area (Å²) in [6, 6.07) is 15.5. The van der Waals surface area contributed by atoms with E-state index in [0.717, 1.165) is 41.3 Å². The number of rotatable bonds is 5. The van der Waals surface area contributed by atoms with Crippen molar-refractivity contribution in [1.29, 1.82) is 0 Å². The Bertz CT molecular complexity index is 770. The van der Waals surface area contributed by atoms with Crippen molar-refractivity contribution < 1.29 is 9.53 Å². The highest BCUT2D eigenvalue weighted by Crippen LogP contribution is 2.50. The fraction of sp³-hybridized carbons (Fsp3) is 0.381. The second kappa shape index (κ2) is 7.09. The molecule has 0 spiro atoms. The number of carbonyl (C=O) groups excluding carboxylic acids is 1. The average molecular weight is 356 g/mol. The van der Waals surface area contributed by atoms with Crippen molar-refractivity contribution in [3.05, 3.63) is 59.1 Å². The molecule has 0 radical (unpaired) electrons. The number of hydrogen-bond acceptors (Lipinski definition) is 2. The van der Waals surface area contributed by atoms with E-state index in [-0.39, 0.29) is 23.8 Å². The van der Waals surface area contributed by atoms with Crippen molar-refractivity contribution in [3.8, 4) is 5.75 Å².